The van der Waals surface area contributed by atoms with Gasteiger partial charge in [0.25, 0.3) is 0 Å². The molecule has 1 saturated carbocycles. The molecule has 2 aliphatic rings. The molecule has 2 fully saturated rings. The number of rotatable bonds is 4. The van der Waals surface area contributed by atoms with E-state index in [2.05, 4.69) is 5.32 Å². The summed E-state index contributed by atoms with van der Waals surface area (Å²) < 4.78 is 10.8. The predicted octanol–water partition coefficient (Wildman–Crippen LogP) is 0.749. The van der Waals surface area contributed by atoms with E-state index < -0.39 is 0 Å². The maximum absolute atomic E-state index is 5.40. The fourth-order valence-corrected chi connectivity index (χ4v) is 1.38. The van der Waals surface area contributed by atoms with E-state index in [1.807, 2.05) is 0 Å². The Balaban J connectivity index is 1.52. The fourth-order valence-electron chi connectivity index (χ4n) is 1.38. The van der Waals surface area contributed by atoms with Crippen molar-refractivity contribution in [3.63, 3.8) is 0 Å². The maximum Gasteiger partial charge on any atom is 0.169 e. The van der Waals surface area contributed by atoms with Crippen LogP contribution in [0.25, 0.3) is 0 Å². The van der Waals surface area contributed by atoms with Crippen molar-refractivity contribution in [3.05, 3.63) is 0 Å². The zero-order valence-corrected chi connectivity index (χ0v) is 7.42. The molecule has 3 heteroatoms. The van der Waals surface area contributed by atoms with Crippen molar-refractivity contribution >= 4 is 0 Å². The Bertz CT molecular complexity index is 130. The van der Waals surface area contributed by atoms with E-state index in [1.165, 1.54) is 12.8 Å². The molecule has 0 spiro atoms. The van der Waals surface area contributed by atoms with Gasteiger partial charge in [-0.15, -0.1) is 0 Å². The number of hydrogen-bond acceptors (Lipinski definition) is 3. The molecule has 1 aliphatic carbocycles. The molecule has 0 atom stereocenters. The molecule has 1 N–H and O–H groups in total. The summed E-state index contributed by atoms with van der Waals surface area (Å²) in [5.74, 6) is 0.939. The molecule has 0 unspecified atom stereocenters. The third-order valence-electron chi connectivity index (χ3n) is 2.34. The fraction of sp³-hybridized carbons (Fsp3) is 1.00. The Hall–Kier alpha value is -0.120. The minimum absolute atomic E-state index is 0.0116. The summed E-state index contributed by atoms with van der Waals surface area (Å²) in [5, 5.41) is 3.37. The van der Waals surface area contributed by atoms with Crippen LogP contribution in [0.3, 0.4) is 0 Å². The smallest absolute Gasteiger partial charge is 0.169 e. The minimum atomic E-state index is 0.0116. The minimum Gasteiger partial charge on any atom is -0.351 e. The van der Waals surface area contributed by atoms with E-state index in [0.29, 0.717) is 0 Å². The normalized spacial score (nSPS) is 26.0. The van der Waals surface area contributed by atoms with Crippen molar-refractivity contribution in [1.29, 1.82) is 0 Å². The van der Waals surface area contributed by atoms with Crippen LogP contribution in [0.1, 0.15) is 19.3 Å². The van der Waals surface area contributed by atoms with Gasteiger partial charge in [-0.05, 0) is 31.7 Å². The van der Waals surface area contributed by atoms with Crippen molar-refractivity contribution in [1.82, 2.24) is 5.32 Å². The zero-order valence-electron chi connectivity index (χ0n) is 7.42. The van der Waals surface area contributed by atoms with Crippen molar-refractivity contribution in [2.45, 2.75) is 25.6 Å². The van der Waals surface area contributed by atoms with Gasteiger partial charge < -0.3 is 14.8 Å². The molecule has 0 bridgehead atoms. The molecule has 12 heavy (non-hydrogen) atoms. The highest BCUT2D eigenvalue weighted by Crippen LogP contribution is 2.27. The second kappa shape index (κ2) is 4.21. The Morgan fingerprint density at radius 1 is 1.08 bits per heavy atom. The van der Waals surface area contributed by atoms with Crippen LogP contribution in [0.2, 0.25) is 0 Å². The van der Waals surface area contributed by atoms with E-state index in [-0.39, 0.29) is 6.29 Å². The summed E-state index contributed by atoms with van der Waals surface area (Å²) in [5.41, 5.74) is 0. The standard InChI is InChI=1S/C9H17NO2/c1-4-11-9(12-5-1)7-10-6-8-2-3-8/h8-10H,1-7H2. The first kappa shape index (κ1) is 8.48. The van der Waals surface area contributed by atoms with Crippen molar-refractivity contribution in [2.75, 3.05) is 26.3 Å². The highest BCUT2D eigenvalue weighted by molar-refractivity contribution is 4.75. The molecule has 1 heterocycles. The van der Waals surface area contributed by atoms with Crippen LogP contribution in [0.15, 0.2) is 0 Å². The van der Waals surface area contributed by atoms with Gasteiger partial charge in [-0.1, -0.05) is 0 Å². The van der Waals surface area contributed by atoms with Crippen molar-refractivity contribution in [2.24, 2.45) is 5.92 Å². The SMILES string of the molecule is C1COC(CNCC2CC2)OC1. The van der Waals surface area contributed by atoms with Crippen LogP contribution in [0.5, 0.6) is 0 Å². The molecule has 0 aromatic rings. The molecule has 0 aromatic carbocycles. The predicted molar refractivity (Wildman–Crippen MR) is 45.9 cm³/mol. The van der Waals surface area contributed by atoms with Crippen LogP contribution in [-0.2, 0) is 9.47 Å². The molecular weight excluding hydrogens is 154 g/mol. The quantitative estimate of drug-likeness (QED) is 0.677. The van der Waals surface area contributed by atoms with Crippen LogP contribution in [0, 0.1) is 5.92 Å². The lowest BCUT2D eigenvalue weighted by molar-refractivity contribution is -0.175. The first-order valence-electron chi connectivity index (χ1n) is 4.89. The lowest BCUT2D eigenvalue weighted by Crippen LogP contribution is -2.35. The second-order valence-corrected chi connectivity index (χ2v) is 3.63. The van der Waals surface area contributed by atoms with Crippen LogP contribution >= 0.6 is 0 Å². The van der Waals surface area contributed by atoms with Crippen LogP contribution < -0.4 is 5.32 Å². The van der Waals surface area contributed by atoms with Gasteiger partial charge in [0.15, 0.2) is 6.29 Å². The van der Waals surface area contributed by atoms with E-state index >= 15 is 0 Å². The van der Waals surface area contributed by atoms with Gasteiger partial charge in [-0.2, -0.15) is 0 Å². The molecule has 1 saturated heterocycles. The summed E-state index contributed by atoms with van der Waals surface area (Å²) in [4.78, 5) is 0. The van der Waals surface area contributed by atoms with E-state index in [1.54, 1.807) is 0 Å². The summed E-state index contributed by atoms with van der Waals surface area (Å²) in [6, 6.07) is 0. The Morgan fingerprint density at radius 2 is 1.83 bits per heavy atom. The lowest BCUT2D eigenvalue weighted by atomic mass is 10.4. The molecule has 1 aliphatic heterocycles. The van der Waals surface area contributed by atoms with Gasteiger partial charge in [0.1, 0.15) is 0 Å². The first-order valence-corrected chi connectivity index (χ1v) is 4.89. The van der Waals surface area contributed by atoms with Gasteiger partial charge in [0.05, 0.1) is 13.2 Å². The monoisotopic (exact) mass is 171 g/mol. The highest BCUT2D eigenvalue weighted by atomic mass is 16.7. The molecule has 0 radical (unpaired) electrons. The topological polar surface area (TPSA) is 30.5 Å². The van der Waals surface area contributed by atoms with Gasteiger partial charge in [0, 0.05) is 6.54 Å². The van der Waals surface area contributed by atoms with E-state index in [4.69, 9.17) is 9.47 Å². The molecule has 0 amide bonds. The number of ether oxygens (including phenoxy) is 2. The van der Waals surface area contributed by atoms with Gasteiger partial charge in [-0.25, -0.2) is 0 Å². The van der Waals surface area contributed by atoms with Gasteiger partial charge in [0.2, 0.25) is 0 Å². The molecule has 2 rings (SSSR count). The molecule has 70 valence electrons. The molecular formula is C9H17NO2. The average Bonchev–Trinajstić information content (AvgIpc) is 2.90. The Kier molecular flexibility index (Phi) is 2.98. The maximum atomic E-state index is 5.40. The zero-order chi connectivity index (χ0) is 8.23. The summed E-state index contributed by atoms with van der Waals surface area (Å²) in [6.07, 6.45) is 3.86. The molecule has 0 aromatic heterocycles. The Morgan fingerprint density at radius 3 is 2.50 bits per heavy atom. The van der Waals surface area contributed by atoms with E-state index in [9.17, 15) is 0 Å². The second-order valence-electron chi connectivity index (χ2n) is 3.63. The van der Waals surface area contributed by atoms with Gasteiger partial charge >= 0.3 is 0 Å². The number of nitrogens with one attached hydrogen (secondary N) is 1. The lowest BCUT2D eigenvalue weighted by Gasteiger charge is -2.23. The molecule has 3 nitrogen and oxygen atoms in total. The average molecular weight is 171 g/mol. The van der Waals surface area contributed by atoms with Crippen LogP contribution in [-0.4, -0.2) is 32.6 Å². The van der Waals surface area contributed by atoms with Crippen molar-refractivity contribution < 1.29 is 9.47 Å². The first-order chi connectivity index (χ1) is 5.95. The summed E-state index contributed by atoms with van der Waals surface area (Å²) in [7, 11) is 0. The third-order valence-corrected chi connectivity index (χ3v) is 2.34. The number of hydrogen-bond donors (Lipinski definition) is 1. The third kappa shape index (κ3) is 2.73. The largest absolute Gasteiger partial charge is 0.351 e. The van der Waals surface area contributed by atoms with Crippen LogP contribution in [0.4, 0.5) is 0 Å². The van der Waals surface area contributed by atoms with Crippen molar-refractivity contribution in [3.8, 4) is 0 Å². The summed E-state index contributed by atoms with van der Waals surface area (Å²) >= 11 is 0. The van der Waals surface area contributed by atoms with E-state index in [0.717, 1.165) is 38.6 Å². The summed E-state index contributed by atoms with van der Waals surface area (Å²) in [6.45, 7) is 3.71. The highest BCUT2D eigenvalue weighted by Gasteiger charge is 2.21. The Labute approximate surface area is 73.4 Å². The van der Waals surface area contributed by atoms with Gasteiger partial charge in [-0.3, -0.25) is 0 Å².